The first-order chi connectivity index (χ1) is 21.6. The zero-order valence-corrected chi connectivity index (χ0v) is 26.8. The summed E-state index contributed by atoms with van der Waals surface area (Å²) in [5.41, 5.74) is 5.87. The van der Waals surface area contributed by atoms with Gasteiger partial charge in [0.1, 0.15) is 45.2 Å². The number of sulfone groups is 1. The molecule has 8 nitrogen and oxygen atoms in total. The van der Waals surface area contributed by atoms with Crippen LogP contribution in [-0.2, 0) is 26.0 Å². The van der Waals surface area contributed by atoms with Gasteiger partial charge in [0.15, 0.2) is 0 Å². The van der Waals surface area contributed by atoms with E-state index in [0.29, 0.717) is 43.5 Å². The van der Waals surface area contributed by atoms with Gasteiger partial charge in [-0.2, -0.15) is 0 Å². The smallest absolute Gasteiger partial charge is 0.306 e. The fourth-order valence-corrected chi connectivity index (χ4v) is 6.12. The number of fused-ring (bicyclic) bond motifs is 1. The third-order valence-electron chi connectivity index (χ3n) is 7.63. The molecule has 4 aromatic carbocycles. The van der Waals surface area contributed by atoms with Crippen molar-refractivity contribution < 1.29 is 36.9 Å². The molecule has 0 radical (unpaired) electrons. The lowest BCUT2D eigenvalue weighted by atomic mass is 9.93. The highest BCUT2D eigenvalue weighted by Gasteiger charge is 2.27. The van der Waals surface area contributed by atoms with E-state index >= 15 is 0 Å². The van der Waals surface area contributed by atoms with E-state index in [-0.39, 0.29) is 24.1 Å². The van der Waals surface area contributed by atoms with Crippen LogP contribution in [0.1, 0.15) is 41.0 Å². The number of hydrogen-bond acceptors (Lipinski definition) is 8. The molecule has 0 unspecified atom stereocenters. The molecular weight excluding hydrogens is 592 g/mol. The monoisotopic (exact) mass is 630 g/mol. The minimum Gasteiger partial charge on any atom is -0.494 e. The Kier molecular flexibility index (Phi) is 9.98. The van der Waals surface area contributed by atoms with Crippen LogP contribution in [0.25, 0.3) is 11.1 Å². The lowest BCUT2D eigenvalue weighted by molar-refractivity contribution is -0.141. The molecule has 1 heterocycles. The number of rotatable bonds is 13. The summed E-state index contributed by atoms with van der Waals surface area (Å²) in [5, 5.41) is 0. The molecule has 0 spiro atoms. The van der Waals surface area contributed by atoms with Gasteiger partial charge in [0.05, 0.1) is 32.5 Å². The van der Waals surface area contributed by atoms with Gasteiger partial charge in [-0.1, -0.05) is 30.3 Å². The summed E-state index contributed by atoms with van der Waals surface area (Å²) in [5.74, 6) is 3.32. The second-order valence-electron chi connectivity index (χ2n) is 11.3. The van der Waals surface area contributed by atoms with Crippen molar-refractivity contribution in [2.45, 2.75) is 39.2 Å². The Morgan fingerprint density at radius 1 is 0.889 bits per heavy atom. The highest BCUT2D eigenvalue weighted by Crippen LogP contribution is 2.41. The number of carbonyl (C=O) groups is 1. The third-order valence-corrected chi connectivity index (χ3v) is 8.66. The molecule has 236 valence electrons. The average molecular weight is 631 g/mol. The second kappa shape index (κ2) is 14.1. The Morgan fingerprint density at radius 3 is 2.36 bits per heavy atom. The van der Waals surface area contributed by atoms with Crippen molar-refractivity contribution in [1.82, 2.24) is 0 Å². The zero-order chi connectivity index (χ0) is 32.0. The third kappa shape index (κ3) is 8.36. The van der Waals surface area contributed by atoms with Gasteiger partial charge in [0.2, 0.25) is 0 Å². The molecule has 4 aromatic rings. The summed E-state index contributed by atoms with van der Waals surface area (Å²) in [6.45, 7) is 5.13. The van der Waals surface area contributed by atoms with E-state index in [1.54, 1.807) is 0 Å². The maximum absolute atomic E-state index is 11.8. The summed E-state index contributed by atoms with van der Waals surface area (Å²) in [7, 11) is -1.64. The molecule has 0 amide bonds. The van der Waals surface area contributed by atoms with Gasteiger partial charge in [-0.05, 0) is 85.0 Å². The highest BCUT2D eigenvalue weighted by atomic mass is 32.2. The number of ether oxygens (including phenoxy) is 5. The van der Waals surface area contributed by atoms with Crippen LogP contribution >= 0.6 is 0 Å². The van der Waals surface area contributed by atoms with Crippen LogP contribution in [0.3, 0.4) is 0 Å². The zero-order valence-electron chi connectivity index (χ0n) is 26.0. The van der Waals surface area contributed by atoms with Crippen LogP contribution in [0.5, 0.6) is 28.7 Å². The fourth-order valence-electron chi connectivity index (χ4n) is 5.48. The van der Waals surface area contributed by atoms with E-state index in [1.165, 1.54) is 13.4 Å². The van der Waals surface area contributed by atoms with E-state index in [1.807, 2.05) is 86.6 Å². The summed E-state index contributed by atoms with van der Waals surface area (Å²) < 4.78 is 52.0. The first-order valence-corrected chi connectivity index (χ1v) is 16.9. The Labute approximate surface area is 264 Å². The molecule has 0 aromatic heterocycles. The molecule has 1 aliphatic heterocycles. The van der Waals surface area contributed by atoms with Crippen LogP contribution in [0.2, 0.25) is 0 Å². The number of hydrogen-bond donors (Lipinski definition) is 0. The molecule has 5 rings (SSSR count). The number of carbonyl (C=O) groups excluding carboxylic acids is 1. The molecule has 0 saturated carbocycles. The van der Waals surface area contributed by atoms with E-state index in [9.17, 15) is 13.2 Å². The van der Waals surface area contributed by atoms with Crippen molar-refractivity contribution in [3.63, 3.8) is 0 Å². The number of aryl methyl sites for hydroxylation is 2. The van der Waals surface area contributed by atoms with Gasteiger partial charge in [0, 0.05) is 29.4 Å². The number of methoxy groups -OCH3 is 1. The van der Waals surface area contributed by atoms with Crippen LogP contribution in [0.15, 0.2) is 78.9 Å². The largest absolute Gasteiger partial charge is 0.494 e. The van der Waals surface area contributed by atoms with Gasteiger partial charge in [-0.25, -0.2) is 8.42 Å². The molecule has 9 heteroatoms. The average Bonchev–Trinajstić information content (AvgIpc) is 3.40. The van der Waals surface area contributed by atoms with Crippen LogP contribution in [0, 0.1) is 13.8 Å². The Bertz CT molecular complexity index is 1740. The molecule has 0 bridgehead atoms. The first-order valence-electron chi connectivity index (χ1n) is 14.8. The standard InChI is InChI=1S/C36H38O8S/c1-24-17-30(41-15-8-16-45(4,38)39)18-25(2)36(24)32-19-26(11-14-33(32)44-28-9-6-5-7-10-28)22-42-29-12-13-31-27(20-35(37)40-3)23-43-34(31)21-29/h5-7,9-14,17-19,21,27H,8,15-16,20,22-23H2,1-4H3/t27-/m1/s1. The second-order valence-corrected chi connectivity index (χ2v) is 13.5. The fraction of sp³-hybridized carbons (Fsp3) is 0.306. The van der Waals surface area contributed by atoms with Crippen LogP contribution < -0.4 is 18.9 Å². The van der Waals surface area contributed by atoms with Crippen molar-refractivity contribution in [2.24, 2.45) is 0 Å². The van der Waals surface area contributed by atoms with Gasteiger partial charge >= 0.3 is 5.97 Å². The predicted molar refractivity (Wildman–Crippen MR) is 173 cm³/mol. The highest BCUT2D eigenvalue weighted by molar-refractivity contribution is 7.90. The summed E-state index contributed by atoms with van der Waals surface area (Å²) in [6.07, 6.45) is 1.94. The normalized spacial score (nSPS) is 13.9. The Balaban J connectivity index is 1.37. The van der Waals surface area contributed by atoms with Gasteiger partial charge < -0.3 is 23.7 Å². The van der Waals surface area contributed by atoms with Crippen molar-refractivity contribution in [3.8, 4) is 39.9 Å². The van der Waals surface area contributed by atoms with Gasteiger partial charge in [-0.15, -0.1) is 0 Å². The molecular formula is C36H38O8S. The number of benzene rings is 4. The lowest BCUT2D eigenvalue weighted by Gasteiger charge is -2.18. The Hall–Kier alpha value is -4.50. The molecule has 45 heavy (non-hydrogen) atoms. The first kappa shape index (κ1) is 31.9. The van der Waals surface area contributed by atoms with E-state index < -0.39 is 9.84 Å². The number of para-hydroxylation sites is 1. The SMILES string of the molecule is COC(=O)C[C@@H]1COc2cc(OCc3ccc(Oc4ccccc4)c(-c4c(C)cc(OCCCS(C)(=O)=O)cc4C)c3)ccc21. The molecule has 1 atom stereocenters. The minimum absolute atomic E-state index is 0.0306. The minimum atomic E-state index is -3.03. The van der Waals surface area contributed by atoms with Gasteiger partial charge in [0.25, 0.3) is 0 Å². The van der Waals surface area contributed by atoms with Crippen molar-refractivity contribution >= 4 is 15.8 Å². The summed E-state index contributed by atoms with van der Waals surface area (Å²) in [6, 6.07) is 25.3. The van der Waals surface area contributed by atoms with Crippen molar-refractivity contribution in [2.75, 3.05) is 32.3 Å². The van der Waals surface area contributed by atoms with Crippen LogP contribution in [0.4, 0.5) is 0 Å². The maximum atomic E-state index is 11.8. The summed E-state index contributed by atoms with van der Waals surface area (Å²) in [4.78, 5) is 11.8. The van der Waals surface area contributed by atoms with Crippen molar-refractivity contribution in [3.05, 3.63) is 101 Å². The molecule has 0 saturated heterocycles. The molecule has 0 fully saturated rings. The van der Waals surface area contributed by atoms with Crippen molar-refractivity contribution in [1.29, 1.82) is 0 Å². The van der Waals surface area contributed by atoms with E-state index in [2.05, 4.69) is 6.07 Å². The number of esters is 1. The molecule has 0 N–H and O–H groups in total. The summed E-state index contributed by atoms with van der Waals surface area (Å²) >= 11 is 0. The topological polar surface area (TPSA) is 97.4 Å². The predicted octanol–water partition coefficient (Wildman–Crippen LogP) is 7.19. The molecule has 0 aliphatic carbocycles. The quantitative estimate of drug-likeness (QED) is 0.113. The lowest BCUT2D eigenvalue weighted by Crippen LogP contribution is -2.09. The Morgan fingerprint density at radius 2 is 1.64 bits per heavy atom. The molecule has 1 aliphatic rings. The maximum Gasteiger partial charge on any atom is 0.306 e. The van der Waals surface area contributed by atoms with E-state index in [0.717, 1.165) is 44.9 Å². The van der Waals surface area contributed by atoms with E-state index in [4.69, 9.17) is 23.7 Å². The van der Waals surface area contributed by atoms with Crippen LogP contribution in [-0.4, -0.2) is 46.7 Å². The van der Waals surface area contributed by atoms with Gasteiger partial charge in [-0.3, -0.25) is 4.79 Å².